The number of nitrogens with zero attached hydrogens (tertiary/aromatic N) is 1. The van der Waals surface area contributed by atoms with Crippen LogP contribution in [0.5, 0.6) is 0 Å². The molecule has 0 amide bonds. The van der Waals surface area contributed by atoms with Crippen molar-refractivity contribution in [1.29, 1.82) is 0 Å². The van der Waals surface area contributed by atoms with E-state index in [9.17, 15) is 43.2 Å². The monoisotopic (exact) mass is 634 g/mol. The van der Waals surface area contributed by atoms with Crippen LogP contribution in [0.4, 0.5) is 26.3 Å². The molecular weight excluding hydrogens is 609 g/mol. The standard InChI is InChI=1S/C24H24BNO.C2F6NO4S2/c1-19-11-8-9-16-22(19)25-26-18-10-17-23(26)24(27-25,20-12-4-2-5-13-20)21-14-6-3-7-15-21;3-1(4,5)14(10,11)9-15(12,13)2(6,7)8/h2-9,11-16,23H,10,17-18H2,1H3;/q;-1/p+1/t23-;/m1./s1. The average Bonchev–Trinajstić information content (AvgIpc) is 3.51. The Morgan fingerprint density at radius 1 is 0.786 bits per heavy atom. The number of nitrogens with one attached hydrogen (secondary N) is 1. The molecule has 0 aromatic heterocycles. The van der Waals surface area contributed by atoms with Crippen LogP contribution in [0.1, 0.15) is 29.5 Å². The summed E-state index contributed by atoms with van der Waals surface area (Å²) >= 11 is 0. The van der Waals surface area contributed by atoms with Crippen molar-refractivity contribution >= 4 is 32.6 Å². The van der Waals surface area contributed by atoms with Crippen molar-refractivity contribution in [1.82, 2.24) is 0 Å². The lowest BCUT2D eigenvalue weighted by molar-refractivity contribution is -0.799. The predicted octanol–water partition coefficient (Wildman–Crippen LogP) is 3.77. The molecule has 3 aromatic carbocycles. The Labute approximate surface area is 239 Å². The summed E-state index contributed by atoms with van der Waals surface area (Å²) in [6.07, 6.45) is 2.45. The normalized spacial score (nSPS) is 20.5. The number of sulfonamides is 2. The molecular formula is C26H25BF6N2O5S2. The second-order valence-electron chi connectivity index (χ2n) is 9.76. The quantitative estimate of drug-likeness (QED) is 0.341. The van der Waals surface area contributed by atoms with Gasteiger partial charge in [0.2, 0.25) is 0 Å². The van der Waals surface area contributed by atoms with Gasteiger partial charge in [-0.15, -0.1) is 0 Å². The van der Waals surface area contributed by atoms with E-state index in [0.717, 1.165) is 4.13 Å². The van der Waals surface area contributed by atoms with Crippen LogP contribution in [-0.4, -0.2) is 47.5 Å². The molecule has 2 heterocycles. The molecule has 0 radical (unpaired) electrons. The topological polar surface area (TPSA) is 96.1 Å². The van der Waals surface area contributed by atoms with Crippen LogP contribution in [0.25, 0.3) is 4.13 Å². The number of aryl methyl sites for hydroxylation is 1. The summed E-state index contributed by atoms with van der Waals surface area (Å²) in [5.41, 5.74) is -7.60. The summed E-state index contributed by atoms with van der Waals surface area (Å²) < 4.78 is 116. The fourth-order valence-electron chi connectivity index (χ4n) is 5.43. The van der Waals surface area contributed by atoms with Gasteiger partial charge in [0, 0.05) is 18.3 Å². The zero-order valence-electron chi connectivity index (χ0n) is 21.9. The first kappa shape index (κ1) is 32.0. The van der Waals surface area contributed by atoms with E-state index in [0.29, 0.717) is 6.04 Å². The van der Waals surface area contributed by atoms with Gasteiger partial charge in [-0.05, 0) is 23.6 Å². The van der Waals surface area contributed by atoms with Crippen LogP contribution < -0.4 is 10.3 Å². The van der Waals surface area contributed by atoms with E-state index < -0.39 is 31.1 Å². The second kappa shape index (κ2) is 11.6. The summed E-state index contributed by atoms with van der Waals surface area (Å²) in [4.78, 5) is 1.58. The van der Waals surface area contributed by atoms with Gasteiger partial charge in [-0.3, -0.25) is 0 Å². The van der Waals surface area contributed by atoms with Gasteiger partial charge in [-0.2, -0.15) is 26.3 Å². The first-order valence-electron chi connectivity index (χ1n) is 12.6. The van der Waals surface area contributed by atoms with Crippen molar-refractivity contribution in [2.45, 2.75) is 42.4 Å². The van der Waals surface area contributed by atoms with Crippen LogP contribution >= 0.6 is 0 Å². The minimum atomic E-state index is -6.72. The molecule has 0 saturated carbocycles. The summed E-state index contributed by atoms with van der Waals surface area (Å²) in [6, 6.07) is 30.8. The van der Waals surface area contributed by atoms with Crippen molar-refractivity contribution in [3.05, 3.63) is 106 Å². The fraction of sp³-hybridized carbons (Fsp3) is 0.308. The van der Waals surface area contributed by atoms with Crippen molar-refractivity contribution in [3.63, 3.8) is 0 Å². The highest BCUT2D eigenvalue weighted by molar-refractivity contribution is 8.13. The lowest BCUT2D eigenvalue weighted by Crippen LogP contribution is -3.19. The Hall–Kier alpha value is -2.92. The number of halogens is 6. The average molecular weight is 634 g/mol. The number of hydrogen-bond acceptors (Lipinski definition) is 5. The first-order chi connectivity index (χ1) is 19.5. The Morgan fingerprint density at radius 3 is 1.69 bits per heavy atom. The molecule has 2 atom stereocenters. The van der Waals surface area contributed by atoms with Crippen molar-refractivity contribution in [3.8, 4) is 0 Å². The zero-order chi connectivity index (χ0) is 31.0. The minimum Gasteiger partial charge on any atom is -0.421 e. The van der Waals surface area contributed by atoms with E-state index >= 15 is 0 Å². The maximum Gasteiger partial charge on any atom is 0.611 e. The number of benzene rings is 3. The SMILES string of the molecule is Cc1ccccc1B1OC(c2ccccc2)(c2ccccc2)[C@H]2CCC[NH+]12.O=S(=O)([N-]S(=O)(=O)C(F)(F)F)C(F)(F)F. The van der Waals surface area contributed by atoms with E-state index in [1.165, 1.54) is 41.5 Å². The van der Waals surface area contributed by atoms with E-state index in [1.54, 1.807) is 4.81 Å². The van der Waals surface area contributed by atoms with E-state index in [-0.39, 0.29) is 12.7 Å². The van der Waals surface area contributed by atoms with Crippen LogP contribution in [0.3, 0.4) is 0 Å². The Kier molecular flexibility index (Phi) is 8.87. The molecule has 16 heteroatoms. The molecule has 2 aliphatic rings. The van der Waals surface area contributed by atoms with Gasteiger partial charge in [0.05, 0.1) is 6.54 Å². The lowest BCUT2D eigenvalue weighted by Gasteiger charge is -2.33. The highest BCUT2D eigenvalue weighted by Gasteiger charge is 2.64. The molecule has 2 saturated heterocycles. The van der Waals surface area contributed by atoms with Gasteiger partial charge >= 0.3 is 18.1 Å². The van der Waals surface area contributed by atoms with E-state index in [2.05, 4.69) is 91.9 Å². The summed E-state index contributed by atoms with van der Waals surface area (Å²) in [5, 5.41) is 0. The van der Waals surface area contributed by atoms with E-state index in [1.807, 2.05) is 0 Å². The Morgan fingerprint density at radius 2 is 1.24 bits per heavy atom. The molecule has 3 aromatic rings. The number of quaternary nitrogens is 1. The van der Waals surface area contributed by atoms with Gasteiger partial charge in [0.1, 0.15) is 6.04 Å². The molecule has 1 unspecified atom stereocenters. The van der Waals surface area contributed by atoms with Crippen LogP contribution in [-0.2, 0) is 30.3 Å². The molecule has 0 bridgehead atoms. The number of alkyl halides is 6. The number of rotatable bonds is 5. The largest absolute Gasteiger partial charge is 0.611 e. The van der Waals surface area contributed by atoms with E-state index in [4.69, 9.17) is 4.65 Å². The summed E-state index contributed by atoms with van der Waals surface area (Å²) in [7, 11) is -13.4. The number of fused-ring (bicyclic) bond motifs is 1. The maximum absolute atomic E-state index is 11.4. The first-order valence-corrected chi connectivity index (χ1v) is 15.5. The lowest BCUT2D eigenvalue weighted by atomic mass is 9.70. The van der Waals surface area contributed by atoms with Crippen LogP contribution in [0.15, 0.2) is 84.9 Å². The van der Waals surface area contributed by atoms with Gasteiger partial charge in [0.15, 0.2) is 25.6 Å². The van der Waals surface area contributed by atoms with Crippen molar-refractivity contribution in [2.24, 2.45) is 0 Å². The third-order valence-electron chi connectivity index (χ3n) is 7.19. The van der Waals surface area contributed by atoms with Crippen LogP contribution in [0, 0.1) is 6.92 Å². The Balaban J connectivity index is 0.000000233. The second-order valence-corrected chi connectivity index (χ2v) is 13.2. The van der Waals surface area contributed by atoms with Crippen molar-refractivity contribution < 1.29 is 52.6 Å². The molecule has 1 N–H and O–H groups in total. The highest BCUT2D eigenvalue weighted by atomic mass is 32.3. The van der Waals surface area contributed by atoms with Gasteiger partial charge in [-0.25, -0.2) is 16.8 Å². The number of hydrogen-bond donors (Lipinski definition) is 1. The minimum absolute atomic E-state index is 0.0825. The third-order valence-corrected chi connectivity index (χ3v) is 9.93. The Bertz CT molecular complexity index is 1520. The van der Waals surface area contributed by atoms with Gasteiger partial charge in [-0.1, -0.05) is 84.9 Å². The smallest absolute Gasteiger partial charge is 0.421 e. The fourth-order valence-corrected chi connectivity index (χ4v) is 7.14. The molecule has 42 heavy (non-hydrogen) atoms. The highest BCUT2D eigenvalue weighted by Crippen LogP contribution is 2.42. The molecule has 0 spiro atoms. The van der Waals surface area contributed by atoms with Gasteiger partial charge in [0.25, 0.3) is 0 Å². The molecule has 2 fully saturated rings. The van der Waals surface area contributed by atoms with Crippen molar-refractivity contribution in [2.75, 3.05) is 6.54 Å². The molecule has 2 aliphatic heterocycles. The van der Waals surface area contributed by atoms with Crippen LogP contribution in [0.2, 0.25) is 0 Å². The molecule has 7 nitrogen and oxygen atoms in total. The molecule has 5 rings (SSSR count). The third kappa shape index (κ3) is 6.08. The predicted molar refractivity (Wildman–Crippen MR) is 143 cm³/mol. The summed E-state index contributed by atoms with van der Waals surface area (Å²) in [6.45, 7) is 3.37. The molecule has 226 valence electrons. The summed E-state index contributed by atoms with van der Waals surface area (Å²) in [5.74, 6) is 0. The molecule has 0 aliphatic carbocycles. The maximum atomic E-state index is 11.4. The van der Waals surface area contributed by atoms with Gasteiger partial charge < -0.3 is 13.6 Å². The zero-order valence-corrected chi connectivity index (χ0v) is 23.6.